The van der Waals surface area contributed by atoms with Crippen molar-refractivity contribution in [3.63, 3.8) is 0 Å². The monoisotopic (exact) mass is 431 g/mol. The molecule has 1 saturated heterocycles. The fourth-order valence-corrected chi connectivity index (χ4v) is 4.43. The summed E-state index contributed by atoms with van der Waals surface area (Å²) in [5, 5.41) is 0. The minimum atomic E-state index is -0.0169. The van der Waals surface area contributed by atoms with E-state index in [-0.39, 0.29) is 11.9 Å². The number of oxazole rings is 1. The summed E-state index contributed by atoms with van der Waals surface area (Å²) in [5.74, 6) is 0.564. The molecule has 1 aliphatic rings. The molecule has 1 atom stereocenters. The van der Waals surface area contributed by atoms with Gasteiger partial charge in [0.05, 0.1) is 6.54 Å². The normalized spacial score (nSPS) is 15.2. The number of aromatic nitrogens is 1. The fourth-order valence-electron chi connectivity index (χ4n) is 4.43. The van der Waals surface area contributed by atoms with Crippen molar-refractivity contribution in [2.24, 2.45) is 0 Å². The van der Waals surface area contributed by atoms with Gasteiger partial charge in [0.2, 0.25) is 5.89 Å². The second-order valence-electron chi connectivity index (χ2n) is 8.90. The maximum absolute atomic E-state index is 12.8. The average molecular weight is 432 g/mol. The highest BCUT2D eigenvalue weighted by Gasteiger charge is 2.24. The molecule has 0 radical (unpaired) electrons. The predicted octanol–water partition coefficient (Wildman–Crippen LogP) is 5.68. The molecule has 4 rings (SSSR count). The van der Waals surface area contributed by atoms with Gasteiger partial charge in [0.1, 0.15) is 6.26 Å². The van der Waals surface area contributed by atoms with Crippen LogP contribution >= 0.6 is 0 Å². The van der Waals surface area contributed by atoms with Crippen LogP contribution in [0.1, 0.15) is 70.9 Å². The Morgan fingerprint density at radius 1 is 1.06 bits per heavy atom. The summed E-state index contributed by atoms with van der Waals surface area (Å²) in [6, 6.07) is 17.2. The molecular weight excluding hydrogens is 398 g/mol. The number of hydrogen-bond acceptors (Lipinski definition) is 4. The van der Waals surface area contributed by atoms with Gasteiger partial charge < -0.3 is 9.32 Å². The van der Waals surface area contributed by atoms with E-state index in [0.717, 1.165) is 32.5 Å². The molecule has 3 aromatic rings. The van der Waals surface area contributed by atoms with Crippen LogP contribution in [0.4, 0.5) is 0 Å². The number of aryl methyl sites for hydroxylation is 2. The van der Waals surface area contributed by atoms with Crippen molar-refractivity contribution in [3.8, 4) is 0 Å². The van der Waals surface area contributed by atoms with Crippen LogP contribution in [0.5, 0.6) is 0 Å². The first-order valence-electron chi connectivity index (χ1n) is 11.6. The lowest BCUT2D eigenvalue weighted by molar-refractivity contribution is 0.0718. The summed E-state index contributed by atoms with van der Waals surface area (Å²) in [7, 11) is 0. The topological polar surface area (TPSA) is 49.6 Å². The SMILES string of the molecule is Cc1ccc(CN(Cc2nc(C(=O)N3CCCCC3)co2)C(C)c2ccccc2)c(C)c1. The minimum Gasteiger partial charge on any atom is -0.447 e. The number of rotatable bonds is 7. The first-order chi connectivity index (χ1) is 15.5. The van der Waals surface area contributed by atoms with Crippen LogP contribution in [0.2, 0.25) is 0 Å². The summed E-state index contributed by atoms with van der Waals surface area (Å²) < 4.78 is 5.78. The zero-order valence-electron chi connectivity index (χ0n) is 19.4. The molecule has 1 fully saturated rings. The van der Waals surface area contributed by atoms with E-state index < -0.39 is 0 Å². The molecule has 2 heterocycles. The maximum Gasteiger partial charge on any atom is 0.275 e. The summed E-state index contributed by atoms with van der Waals surface area (Å²) in [6.45, 7) is 9.43. The molecule has 1 unspecified atom stereocenters. The molecule has 0 bridgehead atoms. The van der Waals surface area contributed by atoms with Gasteiger partial charge in [0.25, 0.3) is 5.91 Å². The third-order valence-corrected chi connectivity index (χ3v) is 6.45. The second-order valence-corrected chi connectivity index (χ2v) is 8.90. The Kier molecular flexibility index (Phi) is 7.05. The quantitative estimate of drug-likeness (QED) is 0.483. The van der Waals surface area contributed by atoms with Crippen molar-refractivity contribution >= 4 is 5.91 Å². The van der Waals surface area contributed by atoms with Crippen LogP contribution in [0.3, 0.4) is 0 Å². The van der Waals surface area contributed by atoms with Gasteiger partial charge in [-0.05, 0) is 56.7 Å². The Labute approximate surface area is 191 Å². The molecular formula is C27H33N3O2. The lowest BCUT2D eigenvalue weighted by Crippen LogP contribution is -2.35. The van der Waals surface area contributed by atoms with E-state index in [0.29, 0.717) is 18.1 Å². The van der Waals surface area contributed by atoms with Gasteiger partial charge in [-0.25, -0.2) is 4.98 Å². The van der Waals surface area contributed by atoms with E-state index in [1.54, 1.807) is 0 Å². The molecule has 1 aromatic heterocycles. The molecule has 32 heavy (non-hydrogen) atoms. The molecule has 1 aliphatic heterocycles. The third kappa shape index (κ3) is 5.28. The first-order valence-corrected chi connectivity index (χ1v) is 11.6. The van der Waals surface area contributed by atoms with Gasteiger partial charge in [0.15, 0.2) is 5.69 Å². The van der Waals surface area contributed by atoms with Crippen LogP contribution in [-0.4, -0.2) is 33.8 Å². The molecule has 0 spiro atoms. The molecule has 168 valence electrons. The number of carbonyl (C=O) groups is 1. The highest BCUT2D eigenvalue weighted by molar-refractivity contribution is 5.92. The molecule has 2 aromatic carbocycles. The lowest BCUT2D eigenvalue weighted by atomic mass is 10.0. The van der Waals surface area contributed by atoms with Crippen molar-refractivity contribution in [1.29, 1.82) is 0 Å². The molecule has 5 nitrogen and oxygen atoms in total. The highest BCUT2D eigenvalue weighted by Crippen LogP contribution is 2.26. The number of likely N-dealkylation sites (tertiary alicyclic amines) is 1. The molecule has 5 heteroatoms. The summed E-state index contributed by atoms with van der Waals surface area (Å²) in [5.41, 5.74) is 5.50. The number of nitrogens with zero attached hydrogens (tertiary/aromatic N) is 3. The van der Waals surface area contributed by atoms with Gasteiger partial charge in [-0.1, -0.05) is 54.1 Å². The lowest BCUT2D eigenvalue weighted by Gasteiger charge is -2.29. The molecule has 0 saturated carbocycles. The summed E-state index contributed by atoms with van der Waals surface area (Å²) in [6.07, 6.45) is 4.84. The van der Waals surface area contributed by atoms with E-state index in [1.807, 2.05) is 11.0 Å². The highest BCUT2D eigenvalue weighted by atomic mass is 16.3. The zero-order valence-corrected chi connectivity index (χ0v) is 19.4. The minimum absolute atomic E-state index is 0.0169. The standard InChI is InChI=1S/C27H33N3O2/c1-20-12-13-24(21(2)16-20)17-30(22(3)23-10-6-4-7-11-23)18-26-28-25(19-32-26)27(31)29-14-8-5-9-15-29/h4,6-7,10-13,16,19,22H,5,8-9,14-15,17-18H2,1-3H3. The molecule has 1 amide bonds. The zero-order chi connectivity index (χ0) is 22.5. The number of hydrogen-bond donors (Lipinski definition) is 0. The van der Waals surface area contributed by atoms with E-state index in [4.69, 9.17) is 4.42 Å². The van der Waals surface area contributed by atoms with Crippen molar-refractivity contribution in [2.75, 3.05) is 13.1 Å². The first kappa shape index (κ1) is 22.3. The van der Waals surface area contributed by atoms with Crippen LogP contribution in [0.15, 0.2) is 59.2 Å². The number of benzene rings is 2. The van der Waals surface area contributed by atoms with Crippen LogP contribution in [0.25, 0.3) is 0 Å². The van der Waals surface area contributed by atoms with Crippen LogP contribution < -0.4 is 0 Å². The molecule has 0 aliphatic carbocycles. The Morgan fingerprint density at radius 2 is 1.81 bits per heavy atom. The van der Waals surface area contributed by atoms with Crippen molar-refractivity contribution in [2.45, 2.75) is 59.2 Å². The second kappa shape index (κ2) is 10.1. The van der Waals surface area contributed by atoms with Crippen LogP contribution in [-0.2, 0) is 13.1 Å². The van der Waals surface area contributed by atoms with E-state index in [2.05, 4.69) is 73.1 Å². The number of piperidine rings is 1. The van der Waals surface area contributed by atoms with Crippen LogP contribution in [0, 0.1) is 13.8 Å². The van der Waals surface area contributed by atoms with Crippen molar-refractivity contribution in [1.82, 2.24) is 14.8 Å². The number of amides is 1. The van der Waals surface area contributed by atoms with Gasteiger partial charge in [0, 0.05) is 25.7 Å². The fraction of sp³-hybridized carbons (Fsp3) is 0.407. The number of carbonyl (C=O) groups excluding carboxylic acids is 1. The smallest absolute Gasteiger partial charge is 0.275 e. The summed E-state index contributed by atoms with van der Waals surface area (Å²) in [4.78, 5) is 21.6. The van der Waals surface area contributed by atoms with Gasteiger partial charge in [-0.15, -0.1) is 0 Å². The Morgan fingerprint density at radius 3 is 2.53 bits per heavy atom. The van der Waals surface area contributed by atoms with E-state index >= 15 is 0 Å². The van der Waals surface area contributed by atoms with E-state index in [1.165, 1.54) is 34.9 Å². The average Bonchev–Trinajstić information content (AvgIpc) is 3.29. The Bertz CT molecular complexity index is 1040. The third-order valence-electron chi connectivity index (χ3n) is 6.45. The van der Waals surface area contributed by atoms with E-state index in [9.17, 15) is 4.79 Å². The van der Waals surface area contributed by atoms with Gasteiger partial charge in [-0.3, -0.25) is 9.69 Å². The Hall–Kier alpha value is -2.92. The summed E-state index contributed by atoms with van der Waals surface area (Å²) >= 11 is 0. The van der Waals surface area contributed by atoms with Gasteiger partial charge >= 0.3 is 0 Å². The predicted molar refractivity (Wildman–Crippen MR) is 126 cm³/mol. The van der Waals surface area contributed by atoms with Crippen molar-refractivity contribution < 1.29 is 9.21 Å². The maximum atomic E-state index is 12.8. The Balaban J connectivity index is 1.55. The van der Waals surface area contributed by atoms with Crippen molar-refractivity contribution in [3.05, 3.63) is 88.6 Å². The molecule has 0 N–H and O–H groups in total. The van der Waals surface area contributed by atoms with Gasteiger partial charge in [-0.2, -0.15) is 0 Å². The largest absolute Gasteiger partial charge is 0.447 e.